The third-order valence-electron chi connectivity index (χ3n) is 1.80. The Morgan fingerprint density at radius 2 is 1.71 bits per heavy atom. The van der Waals surface area contributed by atoms with Gasteiger partial charge in [-0.1, -0.05) is 17.7 Å². The van der Waals surface area contributed by atoms with Gasteiger partial charge in [0.15, 0.2) is 0 Å². The molecule has 0 radical (unpaired) electrons. The fourth-order valence-corrected chi connectivity index (χ4v) is 1.11. The highest BCUT2D eigenvalue weighted by molar-refractivity contribution is 6.30. The Morgan fingerprint density at radius 3 is 2.06 bits per heavy atom. The molecule has 4 nitrogen and oxygen atoms in total. The van der Waals surface area contributed by atoms with Gasteiger partial charge in [-0.05, 0) is 36.4 Å². The molecule has 17 heavy (non-hydrogen) atoms. The molecule has 5 heteroatoms. The average Bonchev–Trinajstić information content (AvgIpc) is 2.41. The zero-order chi connectivity index (χ0) is 12.5. The summed E-state index contributed by atoms with van der Waals surface area (Å²) in [6, 6.07) is 12.4. The number of amides is 1. The lowest BCUT2D eigenvalue weighted by atomic mass is 10.3. The van der Waals surface area contributed by atoms with E-state index in [0.717, 1.165) is 5.01 Å². The molecule has 0 unspecified atom stereocenters. The molecule has 88 valence electrons. The summed E-state index contributed by atoms with van der Waals surface area (Å²) in [5.41, 5.74) is 0.615. The molecule has 1 amide bonds. The predicted molar refractivity (Wildman–Crippen MR) is 68.4 cm³/mol. The maximum atomic E-state index is 10.2. The summed E-state index contributed by atoms with van der Waals surface area (Å²) in [5.74, 6) is 5.27. The largest absolute Gasteiger partial charge is 0.277 e. The molecular weight excluding hydrogens is 238 g/mol. The molecule has 1 aromatic heterocycles. The van der Waals surface area contributed by atoms with Crippen LogP contribution in [0.5, 0.6) is 0 Å². The minimum absolute atomic E-state index is 0.531. The summed E-state index contributed by atoms with van der Waals surface area (Å²) in [6.45, 7) is 0. The predicted octanol–water partition coefficient (Wildman–Crippen LogP) is 2.26. The van der Waals surface area contributed by atoms with Crippen molar-refractivity contribution in [2.24, 2.45) is 5.84 Å². The van der Waals surface area contributed by atoms with E-state index >= 15 is 0 Å². The van der Waals surface area contributed by atoms with Crippen molar-refractivity contribution in [1.82, 2.24) is 4.98 Å². The van der Waals surface area contributed by atoms with Crippen LogP contribution in [0.25, 0.3) is 0 Å². The number of nitrogens with zero attached hydrogens (tertiary/aromatic N) is 2. The zero-order valence-corrected chi connectivity index (χ0v) is 9.79. The van der Waals surface area contributed by atoms with Crippen LogP contribution in [0.1, 0.15) is 0 Å². The highest BCUT2D eigenvalue weighted by atomic mass is 35.5. The molecule has 0 aliphatic rings. The number of hydrogen-bond acceptors (Lipinski definition) is 3. The summed E-state index contributed by atoms with van der Waals surface area (Å²) >= 11 is 5.61. The summed E-state index contributed by atoms with van der Waals surface area (Å²) in [7, 11) is 0. The van der Waals surface area contributed by atoms with Gasteiger partial charge in [0.2, 0.25) is 6.41 Å². The molecule has 2 aromatic rings. The average molecular weight is 250 g/mol. The molecule has 0 saturated heterocycles. The van der Waals surface area contributed by atoms with Crippen LogP contribution in [-0.2, 0) is 4.79 Å². The number of aromatic nitrogens is 1. The molecule has 0 aliphatic carbocycles. The number of carbonyl (C=O) groups excluding carboxylic acids is 1. The number of rotatable bonds is 2. The van der Waals surface area contributed by atoms with Crippen molar-refractivity contribution in [2.45, 2.75) is 0 Å². The van der Waals surface area contributed by atoms with E-state index in [4.69, 9.17) is 17.4 Å². The number of hydrogen-bond donors (Lipinski definition) is 1. The van der Waals surface area contributed by atoms with Crippen LogP contribution in [0.3, 0.4) is 0 Å². The lowest BCUT2D eigenvalue weighted by Gasteiger charge is -2.08. The Bertz CT molecular complexity index is 407. The second kappa shape index (κ2) is 7.38. The van der Waals surface area contributed by atoms with Crippen molar-refractivity contribution in [3.8, 4) is 0 Å². The van der Waals surface area contributed by atoms with E-state index in [1.807, 2.05) is 18.2 Å². The summed E-state index contributed by atoms with van der Waals surface area (Å²) in [4.78, 5) is 13.9. The van der Waals surface area contributed by atoms with Gasteiger partial charge in [0.1, 0.15) is 0 Å². The van der Waals surface area contributed by atoms with Gasteiger partial charge in [-0.15, -0.1) is 0 Å². The van der Waals surface area contributed by atoms with E-state index in [1.54, 1.807) is 36.7 Å². The Kier molecular flexibility index (Phi) is 5.71. The first-order valence-electron chi connectivity index (χ1n) is 4.84. The third kappa shape index (κ3) is 5.10. The van der Waals surface area contributed by atoms with Gasteiger partial charge in [-0.25, -0.2) is 5.84 Å². The van der Waals surface area contributed by atoms with E-state index in [0.29, 0.717) is 17.1 Å². The van der Waals surface area contributed by atoms with Gasteiger partial charge >= 0.3 is 0 Å². The van der Waals surface area contributed by atoms with Crippen molar-refractivity contribution >= 4 is 23.7 Å². The van der Waals surface area contributed by atoms with Gasteiger partial charge in [0.05, 0.1) is 5.69 Å². The van der Waals surface area contributed by atoms with Gasteiger partial charge in [-0.2, -0.15) is 0 Å². The SMILES string of the molecule is NN(C=O)c1ccc(Cl)cc1.c1ccncc1. The maximum Gasteiger partial charge on any atom is 0.228 e. The number of halogens is 1. The van der Waals surface area contributed by atoms with Gasteiger partial charge < -0.3 is 0 Å². The molecule has 1 aromatic carbocycles. The highest BCUT2D eigenvalue weighted by Gasteiger charge is 1.96. The number of nitrogens with two attached hydrogens (primary N) is 1. The number of carbonyl (C=O) groups is 1. The minimum atomic E-state index is 0.531. The van der Waals surface area contributed by atoms with Crippen molar-refractivity contribution < 1.29 is 4.79 Å². The second-order valence-electron chi connectivity index (χ2n) is 3.01. The number of hydrazine groups is 1. The van der Waals surface area contributed by atoms with Crippen molar-refractivity contribution in [3.63, 3.8) is 0 Å². The first-order valence-corrected chi connectivity index (χ1v) is 5.21. The van der Waals surface area contributed by atoms with Gasteiger partial charge in [-0.3, -0.25) is 14.8 Å². The van der Waals surface area contributed by atoms with E-state index in [9.17, 15) is 4.79 Å². The third-order valence-corrected chi connectivity index (χ3v) is 2.06. The first-order chi connectivity index (χ1) is 8.24. The molecule has 2 N–H and O–H groups in total. The topological polar surface area (TPSA) is 59.2 Å². The smallest absolute Gasteiger partial charge is 0.228 e. The summed E-state index contributed by atoms with van der Waals surface area (Å²) in [5, 5.41) is 1.60. The monoisotopic (exact) mass is 249 g/mol. The standard InChI is InChI=1S/C7H7ClN2O.C5H5N/c8-6-1-3-7(4-2-6)10(9)5-11;1-2-4-6-5-3-1/h1-5H,9H2;1-5H. The lowest BCUT2D eigenvalue weighted by Crippen LogP contribution is -2.28. The van der Waals surface area contributed by atoms with Crippen molar-refractivity contribution in [2.75, 3.05) is 5.01 Å². The van der Waals surface area contributed by atoms with Crippen LogP contribution in [0.4, 0.5) is 5.69 Å². The van der Waals surface area contributed by atoms with Crippen molar-refractivity contribution in [1.29, 1.82) is 0 Å². The van der Waals surface area contributed by atoms with Crippen molar-refractivity contribution in [3.05, 3.63) is 59.9 Å². The molecule has 2 rings (SSSR count). The molecule has 0 aliphatic heterocycles. The Balaban J connectivity index is 0.000000202. The quantitative estimate of drug-likeness (QED) is 0.384. The van der Waals surface area contributed by atoms with E-state index in [1.165, 1.54) is 0 Å². The van der Waals surface area contributed by atoms with E-state index in [2.05, 4.69) is 4.98 Å². The van der Waals surface area contributed by atoms with Crippen LogP contribution >= 0.6 is 11.6 Å². The van der Waals surface area contributed by atoms with Crippen LogP contribution in [0.2, 0.25) is 5.02 Å². The zero-order valence-electron chi connectivity index (χ0n) is 9.03. The van der Waals surface area contributed by atoms with Crippen LogP contribution in [0.15, 0.2) is 54.9 Å². The fourth-order valence-electron chi connectivity index (χ4n) is 0.987. The maximum absolute atomic E-state index is 10.2. The minimum Gasteiger partial charge on any atom is -0.277 e. The fraction of sp³-hybridized carbons (Fsp3) is 0. The van der Waals surface area contributed by atoms with Gasteiger partial charge in [0.25, 0.3) is 0 Å². The number of benzene rings is 1. The molecule has 0 spiro atoms. The second-order valence-corrected chi connectivity index (χ2v) is 3.45. The lowest BCUT2D eigenvalue weighted by molar-refractivity contribution is -0.107. The molecule has 0 bridgehead atoms. The Hall–Kier alpha value is -1.91. The number of pyridine rings is 1. The molecule has 0 fully saturated rings. The Labute approximate surface area is 105 Å². The Morgan fingerprint density at radius 1 is 1.12 bits per heavy atom. The van der Waals surface area contributed by atoms with Crippen LogP contribution in [0, 0.1) is 0 Å². The molecule has 0 saturated carbocycles. The van der Waals surface area contributed by atoms with Crippen LogP contribution in [-0.4, -0.2) is 11.4 Å². The highest BCUT2D eigenvalue weighted by Crippen LogP contribution is 2.14. The van der Waals surface area contributed by atoms with E-state index < -0.39 is 0 Å². The van der Waals surface area contributed by atoms with Gasteiger partial charge in [0, 0.05) is 17.4 Å². The first kappa shape index (κ1) is 13.2. The summed E-state index contributed by atoms with van der Waals surface area (Å²) in [6.07, 6.45) is 4.03. The van der Waals surface area contributed by atoms with E-state index in [-0.39, 0.29) is 0 Å². The number of anilines is 1. The summed E-state index contributed by atoms with van der Waals surface area (Å²) < 4.78 is 0. The molecule has 1 heterocycles. The molecular formula is C12H12ClN3O. The van der Waals surface area contributed by atoms with Crippen LogP contribution < -0.4 is 10.9 Å². The normalized spacial score (nSPS) is 8.82. The molecule has 0 atom stereocenters.